The minimum absolute atomic E-state index is 0.199. The molecular formula is C15H18N2O3S. The molecule has 0 bridgehead atoms. The topological polar surface area (TPSA) is 81.4 Å². The smallest absolute Gasteiger partial charge is 0.240 e. The van der Waals surface area contributed by atoms with Gasteiger partial charge in [-0.1, -0.05) is 12.1 Å². The Morgan fingerprint density at radius 1 is 1.14 bits per heavy atom. The minimum Gasteiger partial charge on any atom is -0.497 e. The molecule has 0 fully saturated rings. The summed E-state index contributed by atoms with van der Waals surface area (Å²) in [6.07, 6.45) is 0. The highest BCUT2D eigenvalue weighted by Crippen LogP contribution is 2.18. The number of anilines is 1. The van der Waals surface area contributed by atoms with Gasteiger partial charge < -0.3 is 10.5 Å². The van der Waals surface area contributed by atoms with Crippen LogP contribution >= 0.6 is 0 Å². The summed E-state index contributed by atoms with van der Waals surface area (Å²) in [5.41, 5.74) is 8.20. The molecule has 0 spiro atoms. The first kappa shape index (κ1) is 15.3. The van der Waals surface area contributed by atoms with Crippen LogP contribution < -0.4 is 15.2 Å². The Labute approximate surface area is 124 Å². The fourth-order valence-electron chi connectivity index (χ4n) is 1.91. The summed E-state index contributed by atoms with van der Waals surface area (Å²) in [7, 11) is -2.03. The number of ether oxygens (including phenoxy) is 1. The number of nitrogens with two attached hydrogens (primary N) is 1. The van der Waals surface area contributed by atoms with Gasteiger partial charge in [-0.05, 0) is 48.4 Å². The van der Waals surface area contributed by atoms with Crippen molar-refractivity contribution in [3.63, 3.8) is 0 Å². The third kappa shape index (κ3) is 3.53. The number of sulfonamides is 1. The number of rotatable bonds is 5. The van der Waals surface area contributed by atoms with Crippen LogP contribution in [0.25, 0.3) is 0 Å². The highest BCUT2D eigenvalue weighted by Gasteiger charge is 2.14. The van der Waals surface area contributed by atoms with Crippen molar-refractivity contribution in [2.24, 2.45) is 0 Å². The lowest BCUT2D eigenvalue weighted by molar-refractivity contribution is 0.414. The fourth-order valence-corrected chi connectivity index (χ4v) is 2.91. The molecule has 0 aliphatic heterocycles. The van der Waals surface area contributed by atoms with Gasteiger partial charge in [0.1, 0.15) is 5.75 Å². The lowest BCUT2D eigenvalue weighted by atomic mass is 10.1. The van der Waals surface area contributed by atoms with Crippen LogP contribution in [0.15, 0.2) is 47.4 Å². The maximum Gasteiger partial charge on any atom is 0.240 e. The van der Waals surface area contributed by atoms with Crippen LogP contribution in [-0.2, 0) is 16.6 Å². The molecule has 0 amide bonds. The molecule has 6 heteroatoms. The molecule has 112 valence electrons. The molecule has 0 heterocycles. The Hall–Kier alpha value is -2.05. The summed E-state index contributed by atoms with van der Waals surface area (Å²) in [4.78, 5) is 0.199. The summed E-state index contributed by atoms with van der Waals surface area (Å²) in [5, 5.41) is 0. The summed E-state index contributed by atoms with van der Waals surface area (Å²) >= 11 is 0. The van der Waals surface area contributed by atoms with E-state index < -0.39 is 10.0 Å². The van der Waals surface area contributed by atoms with E-state index in [1.54, 1.807) is 24.3 Å². The molecular weight excluding hydrogens is 288 g/mol. The molecule has 0 atom stereocenters. The number of nitrogens with one attached hydrogen (secondary N) is 1. The number of hydrogen-bond donors (Lipinski definition) is 2. The summed E-state index contributed by atoms with van der Waals surface area (Å²) in [6.45, 7) is 2.07. The molecule has 21 heavy (non-hydrogen) atoms. The largest absolute Gasteiger partial charge is 0.497 e. The van der Waals surface area contributed by atoms with Gasteiger partial charge in [0, 0.05) is 12.2 Å². The van der Waals surface area contributed by atoms with Crippen molar-refractivity contribution < 1.29 is 13.2 Å². The number of nitrogen functional groups attached to an aromatic ring is 1. The monoisotopic (exact) mass is 306 g/mol. The molecule has 0 aromatic heterocycles. The van der Waals surface area contributed by atoms with Gasteiger partial charge >= 0.3 is 0 Å². The molecule has 5 nitrogen and oxygen atoms in total. The van der Waals surface area contributed by atoms with Crippen LogP contribution in [0.4, 0.5) is 5.69 Å². The Kier molecular flexibility index (Phi) is 4.50. The molecule has 0 radical (unpaired) electrons. The van der Waals surface area contributed by atoms with E-state index in [0.29, 0.717) is 11.4 Å². The second-order valence-corrected chi connectivity index (χ2v) is 6.40. The molecule has 0 aliphatic rings. The van der Waals surface area contributed by atoms with Crippen LogP contribution in [0.5, 0.6) is 5.75 Å². The van der Waals surface area contributed by atoms with Crippen molar-refractivity contribution in [1.29, 1.82) is 0 Å². The summed E-state index contributed by atoms with van der Waals surface area (Å²) < 4.78 is 32.0. The normalized spacial score (nSPS) is 11.3. The van der Waals surface area contributed by atoms with E-state index in [9.17, 15) is 8.42 Å². The Balaban J connectivity index is 2.15. The highest BCUT2D eigenvalue weighted by molar-refractivity contribution is 7.89. The summed E-state index contributed by atoms with van der Waals surface area (Å²) in [6, 6.07) is 11.7. The van der Waals surface area contributed by atoms with E-state index in [4.69, 9.17) is 10.5 Å². The third-order valence-corrected chi connectivity index (χ3v) is 4.73. The van der Waals surface area contributed by atoms with E-state index in [1.165, 1.54) is 19.2 Å². The lowest BCUT2D eigenvalue weighted by Crippen LogP contribution is -2.23. The minimum atomic E-state index is -3.56. The molecule has 2 aromatic rings. The van der Waals surface area contributed by atoms with Crippen molar-refractivity contribution >= 4 is 15.7 Å². The molecule has 3 N–H and O–H groups in total. The van der Waals surface area contributed by atoms with E-state index in [0.717, 1.165) is 11.1 Å². The highest BCUT2D eigenvalue weighted by atomic mass is 32.2. The first-order valence-electron chi connectivity index (χ1n) is 6.42. The van der Waals surface area contributed by atoms with E-state index in [2.05, 4.69) is 4.72 Å². The predicted molar refractivity (Wildman–Crippen MR) is 82.6 cm³/mol. The SMILES string of the molecule is COc1ccc(S(=O)(=O)NCc2cccc(N)c2C)cc1. The average molecular weight is 306 g/mol. The standard InChI is InChI=1S/C15H18N2O3S/c1-11-12(4-3-5-15(11)16)10-17-21(18,19)14-8-6-13(20-2)7-9-14/h3-9,17H,10,16H2,1-2H3. The fraction of sp³-hybridized carbons (Fsp3) is 0.200. The summed E-state index contributed by atoms with van der Waals surface area (Å²) in [5.74, 6) is 0.612. The van der Waals surface area contributed by atoms with Gasteiger partial charge in [0.15, 0.2) is 0 Å². The van der Waals surface area contributed by atoms with Crippen LogP contribution in [-0.4, -0.2) is 15.5 Å². The van der Waals surface area contributed by atoms with Gasteiger partial charge in [0.2, 0.25) is 10.0 Å². The molecule has 0 saturated carbocycles. The maximum absolute atomic E-state index is 12.2. The maximum atomic E-state index is 12.2. The van der Waals surface area contributed by atoms with Gasteiger partial charge in [-0.2, -0.15) is 0 Å². The van der Waals surface area contributed by atoms with Crippen LogP contribution in [0.3, 0.4) is 0 Å². The number of benzene rings is 2. The molecule has 2 rings (SSSR count). The number of hydrogen-bond acceptors (Lipinski definition) is 4. The van der Waals surface area contributed by atoms with Crippen molar-refractivity contribution in [1.82, 2.24) is 4.72 Å². The predicted octanol–water partition coefficient (Wildman–Crippen LogP) is 2.06. The molecule has 0 unspecified atom stereocenters. The van der Waals surface area contributed by atoms with Gasteiger partial charge in [0.05, 0.1) is 12.0 Å². The first-order chi connectivity index (χ1) is 9.94. The Bertz CT molecular complexity index is 725. The molecule has 0 saturated heterocycles. The second-order valence-electron chi connectivity index (χ2n) is 4.63. The Morgan fingerprint density at radius 3 is 2.43 bits per heavy atom. The lowest BCUT2D eigenvalue weighted by Gasteiger charge is -2.10. The quantitative estimate of drug-likeness (QED) is 0.829. The Morgan fingerprint density at radius 2 is 1.81 bits per heavy atom. The van der Waals surface area contributed by atoms with E-state index in [-0.39, 0.29) is 11.4 Å². The molecule has 0 aliphatic carbocycles. The van der Waals surface area contributed by atoms with Crippen LogP contribution in [0.2, 0.25) is 0 Å². The van der Waals surface area contributed by atoms with Crippen molar-refractivity contribution in [3.05, 3.63) is 53.6 Å². The van der Waals surface area contributed by atoms with Crippen molar-refractivity contribution in [2.45, 2.75) is 18.4 Å². The third-order valence-electron chi connectivity index (χ3n) is 3.31. The average Bonchev–Trinajstić information content (AvgIpc) is 2.49. The zero-order valence-electron chi connectivity index (χ0n) is 12.0. The zero-order valence-corrected chi connectivity index (χ0v) is 12.8. The van der Waals surface area contributed by atoms with Gasteiger partial charge in [-0.3, -0.25) is 0 Å². The second kappa shape index (κ2) is 6.15. The van der Waals surface area contributed by atoms with Gasteiger partial charge in [-0.15, -0.1) is 0 Å². The zero-order chi connectivity index (χ0) is 15.5. The van der Waals surface area contributed by atoms with E-state index in [1.807, 2.05) is 13.0 Å². The first-order valence-corrected chi connectivity index (χ1v) is 7.90. The van der Waals surface area contributed by atoms with E-state index >= 15 is 0 Å². The van der Waals surface area contributed by atoms with Crippen LogP contribution in [0, 0.1) is 6.92 Å². The van der Waals surface area contributed by atoms with Gasteiger partial charge in [-0.25, -0.2) is 13.1 Å². The molecule has 2 aromatic carbocycles. The number of methoxy groups -OCH3 is 1. The van der Waals surface area contributed by atoms with Crippen molar-refractivity contribution in [2.75, 3.05) is 12.8 Å². The van der Waals surface area contributed by atoms with Crippen LogP contribution in [0.1, 0.15) is 11.1 Å². The van der Waals surface area contributed by atoms with Gasteiger partial charge in [0.25, 0.3) is 0 Å². The van der Waals surface area contributed by atoms with Crippen molar-refractivity contribution in [3.8, 4) is 5.75 Å².